The van der Waals surface area contributed by atoms with Gasteiger partial charge < -0.3 is 10.8 Å². The second-order valence-electron chi connectivity index (χ2n) is 4.50. The van der Waals surface area contributed by atoms with Gasteiger partial charge in [0.25, 0.3) is 0 Å². The van der Waals surface area contributed by atoms with Crippen molar-refractivity contribution in [2.45, 2.75) is 12.0 Å². The number of halogens is 3. The van der Waals surface area contributed by atoms with Gasteiger partial charge in [0.2, 0.25) is 0 Å². The van der Waals surface area contributed by atoms with Gasteiger partial charge in [-0.15, -0.1) is 0 Å². The van der Waals surface area contributed by atoms with Crippen molar-refractivity contribution in [3.63, 3.8) is 0 Å². The summed E-state index contributed by atoms with van der Waals surface area (Å²) in [6.07, 6.45) is -0.714. The van der Waals surface area contributed by atoms with Crippen LogP contribution in [0.3, 0.4) is 0 Å². The highest BCUT2D eigenvalue weighted by molar-refractivity contribution is 9.10. The number of aliphatic hydroxyl groups is 1. The Labute approximate surface area is 140 Å². The smallest absolute Gasteiger partial charge is 0.0882 e. The number of hydrogen-bond acceptors (Lipinski definition) is 2. The van der Waals surface area contributed by atoms with E-state index < -0.39 is 6.10 Å². The molecule has 106 valence electrons. The number of aliphatic hydroxyl groups excluding tert-OH is 1. The van der Waals surface area contributed by atoms with Gasteiger partial charge >= 0.3 is 0 Å². The number of rotatable bonds is 4. The molecule has 20 heavy (non-hydrogen) atoms. The Bertz CT molecular complexity index is 589. The Morgan fingerprint density at radius 3 is 2.35 bits per heavy atom. The zero-order valence-corrected chi connectivity index (χ0v) is 14.5. The zero-order chi connectivity index (χ0) is 14.7. The van der Waals surface area contributed by atoms with E-state index in [1.54, 1.807) is 12.1 Å². The van der Waals surface area contributed by atoms with Crippen molar-refractivity contribution in [1.82, 2.24) is 0 Å². The van der Waals surface area contributed by atoms with Crippen molar-refractivity contribution < 1.29 is 5.11 Å². The fraction of sp³-hybridized carbons (Fsp3) is 0.200. The van der Waals surface area contributed by atoms with Gasteiger partial charge in [-0.1, -0.05) is 55.6 Å². The van der Waals surface area contributed by atoms with Crippen molar-refractivity contribution in [3.05, 3.63) is 67.6 Å². The van der Waals surface area contributed by atoms with Crippen LogP contribution in [0.5, 0.6) is 0 Å². The van der Waals surface area contributed by atoms with Crippen LogP contribution in [0.1, 0.15) is 23.1 Å². The maximum Gasteiger partial charge on any atom is 0.0882 e. The second kappa shape index (κ2) is 7.05. The van der Waals surface area contributed by atoms with Gasteiger partial charge in [-0.2, -0.15) is 0 Å². The number of benzene rings is 2. The summed E-state index contributed by atoms with van der Waals surface area (Å²) in [5.41, 5.74) is 7.59. The summed E-state index contributed by atoms with van der Waals surface area (Å²) >= 11 is 12.9. The first-order chi connectivity index (χ1) is 9.52. The molecule has 0 fully saturated rings. The highest BCUT2D eigenvalue weighted by atomic mass is 79.9. The summed E-state index contributed by atoms with van der Waals surface area (Å²) in [6.45, 7) is 0.349. The zero-order valence-electron chi connectivity index (χ0n) is 10.6. The lowest BCUT2D eigenvalue weighted by atomic mass is 9.89. The van der Waals surface area contributed by atoms with Gasteiger partial charge in [-0.05, 0) is 41.5 Å². The van der Waals surface area contributed by atoms with E-state index in [4.69, 9.17) is 17.3 Å². The molecule has 3 N–H and O–H groups in total. The Hall–Kier alpha value is -0.390. The first-order valence-electron chi connectivity index (χ1n) is 6.11. The molecule has 5 heteroatoms. The molecule has 2 aromatic rings. The molecule has 2 nitrogen and oxygen atoms in total. The Morgan fingerprint density at radius 1 is 1.10 bits per heavy atom. The molecule has 2 unspecified atom stereocenters. The summed E-state index contributed by atoms with van der Waals surface area (Å²) in [5, 5.41) is 11.2. The summed E-state index contributed by atoms with van der Waals surface area (Å²) in [7, 11) is 0. The SMILES string of the molecule is NCC(c1ccc(Br)cc1)C(O)c1cc(Cl)ccc1Br. The van der Waals surface area contributed by atoms with Crippen molar-refractivity contribution >= 4 is 43.5 Å². The van der Waals surface area contributed by atoms with E-state index in [0.29, 0.717) is 11.6 Å². The average Bonchev–Trinajstić information content (AvgIpc) is 2.44. The minimum Gasteiger partial charge on any atom is -0.388 e. The molecule has 0 aliphatic rings. The summed E-state index contributed by atoms with van der Waals surface area (Å²) in [5.74, 6) is -0.183. The summed E-state index contributed by atoms with van der Waals surface area (Å²) in [4.78, 5) is 0. The van der Waals surface area contributed by atoms with E-state index in [1.165, 1.54) is 0 Å². The fourth-order valence-corrected chi connectivity index (χ4v) is 3.04. The van der Waals surface area contributed by atoms with Crippen molar-refractivity contribution in [2.75, 3.05) is 6.54 Å². The van der Waals surface area contributed by atoms with E-state index in [-0.39, 0.29) is 5.92 Å². The largest absolute Gasteiger partial charge is 0.388 e. The van der Waals surface area contributed by atoms with E-state index in [1.807, 2.05) is 30.3 Å². The van der Waals surface area contributed by atoms with Crippen LogP contribution in [0.4, 0.5) is 0 Å². The van der Waals surface area contributed by atoms with Crippen LogP contribution < -0.4 is 5.73 Å². The first kappa shape index (κ1) is 16.0. The Morgan fingerprint density at radius 2 is 1.75 bits per heavy atom. The lowest BCUT2D eigenvalue weighted by Crippen LogP contribution is -2.20. The molecule has 0 spiro atoms. The molecule has 2 aromatic carbocycles. The van der Waals surface area contributed by atoms with Crippen LogP contribution in [0.25, 0.3) is 0 Å². The van der Waals surface area contributed by atoms with Crippen LogP contribution in [0.15, 0.2) is 51.4 Å². The highest BCUT2D eigenvalue weighted by Gasteiger charge is 2.23. The lowest BCUT2D eigenvalue weighted by molar-refractivity contribution is 0.146. The molecule has 0 bridgehead atoms. The molecule has 0 amide bonds. The molecule has 0 saturated heterocycles. The minimum absolute atomic E-state index is 0.183. The van der Waals surface area contributed by atoms with Crippen LogP contribution in [-0.4, -0.2) is 11.7 Å². The second-order valence-corrected chi connectivity index (χ2v) is 6.71. The van der Waals surface area contributed by atoms with Gasteiger partial charge in [0.1, 0.15) is 0 Å². The van der Waals surface area contributed by atoms with Gasteiger partial charge in [-0.25, -0.2) is 0 Å². The van der Waals surface area contributed by atoms with Gasteiger partial charge in [0.05, 0.1) is 6.10 Å². The molecule has 0 aliphatic carbocycles. The van der Waals surface area contributed by atoms with Gasteiger partial charge in [-0.3, -0.25) is 0 Å². The number of hydrogen-bond donors (Lipinski definition) is 2. The predicted octanol–water partition coefficient (Wildman–Crippen LogP) is 4.64. The monoisotopic (exact) mass is 417 g/mol. The third-order valence-corrected chi connectivity index (χ3v) is 4.70. The molecular formula is C15H14Br2ClNO. The Kier molecular flexibility index (Phi) is 5.64. The number of nitrogens with two attached hydrogens (primary N) is 1. The average molecular weight is 420 g/mol. The molecule has 2 rings (SSSR count). The van der Waals surface area contributed by atoms with Gasteiger partial charge in [0.15, 0.2) is 0 Å². The third-order valence-electron chi connectivity index (χ3n) is 3.21. The maximum atomic E-state index is 10.6. The van der Waals surface area contributed by atoms with Crippen LogP contribution in [0.2, 0.25) is 5.02 Å². The fourth-order valence-electron chi connectivity index (χ4n) is 2.12. The molecule has 2 atom stereocenters. The van der Waals surface area contributed by atoms with Crippen LogP contribution in [-0.2, 0) is 0 Å². The summed E-state index contributed by atoms with van der Waals surface area (Å²) < 4.78 is 1.82. The normalized spacial score (nSPS) is 14.1. The molecule has 0 saturated carbocycles. The van der Waals surface area contributed by atoms with E-state index >= 15 is 0 Å². The van der Waals surface area contributed by atoms with E-state index in [0.717, 1.165) is 20.1 Å². The third kappa shape index (κ3) is 3.62. The standard InChI is InChI=1S/C15H14Br2ClNO/c16-10-3-1-9(2-4-10)13(8-19)15(20)12-7-11(18)5-6-14(12)17/h1-7,13,15,20H,8,19H2. The Balaban J connectivity index is 2.35. The van der Waals surface area contributed by atoms with E-state index in [2.05, 4.69) is 31.9 Å². The highest BCUT2D eigenvalue weighted by Crippen LogP contribution is 2.35. The van der Waals surface area contributed by atoms with E-state index in [9.17, 15) is 5.11 Å². The molecule has 0 heterocycles. The molecule has 0 aliphatic heterocycles. The molecule has 0 radical (unpaired) electrons. The van der Waals surface area contributed by atoms with Crippen LogP contribution in [0, 0.1) is 0 Å². The maximum absolute atomic E-state index is 10.6. The van der Waals surface area contributed by atoms with Crippen molar-refractivity contribution in [1.29, 1.82) is 0 Å². The first-order valence-corrected chi connectivity index (χ1v) is 8.08. The lowest BCUT2D eigenvalue weighted by Gasteiger charge is -2.23. The van der Waals surface area contributed by atoms with Crippen LogP contribution >= 0.6 is 43.5 Å². The van der Waals surface area contributed by atoms with Gasteiger partial charge in [0, 0.05) is 26.4 Å². The minimum atomic E-state index is -0.714. The van der Waals surface area contributed by atoms with Crippen molar-refractivity contribution in [3.8, 4) is 0 Å². The van der Waals surface area contributed by atoms with Crippen molar-refractivity contribution in [2.24, 2.45) is 5.73 Å². The predicted molar refractivity (Wildman–Crippen MR) is 90.0 cm³/mol. The molecular weight excluding hydrogens is 405 g/mol. The summed E-state index contributed by atoms with van der Waals surface area (Å²) in [6, 6.07) is 13.2. The molecule has 0 aromatic heterocycles. The quantitative estimate of drug-likeness (QED) is 0.758. The topological polar surface area (TPSA) is 46.2 Å².